The van der Waals surface area contributed by atoms with Gasteiger partial charge in [0.2, 0.25) is 0 Å². The molecule has 0 atom stereocenters. The van der Waals surface area contributed by atoms with E-state index in [4.69, 9.17) is 0 Å². The van der Waals surface area contributed by atoms with Crippen molar-refractivity contribution in [1.29, 1.82) is 0 Å². The first-order valence-corrected chi connectivity index (χ1v) is 9.17. The molecule has 3 rings (SSSR count). The van der Waals surface area contributed by atoms with Crippen LogP contribution in [0.4, 0.5) is 13.2 Å². The van der Waals surface area contributed by atoms with E-state index in [9.17, 15) is 21.6 Å². The SMILES string of the molecule is Cn1nc(-c2ccc(S(=O)(=O)N3CCCC3)s2)cc1C(F)(F)F. The monoisotopic (exact) mass is 365 g/mol. The molecule has 0 spiro atoms. The predicted octanol–water partition coefficient (Wildman–Crippen LogP) is 2.95. The lowest BCUT2D eigenvalue weighted by Gasteiger charge is -2.13. The fourth-order valence-electron chi connectivity index (χ4n) is 2.51. The Morgan fingerprint density at radius 3 is 2.43 bits per heavy atom. The Bertz CT molecular complexity index is 818. The van der Waals surface area contributed by atoms with Crippen LogP contribution in [0.5, 0.6) is 0 Å². The normalized spacial score (nSPS) is 17.0. The number of halogens is 3. The van der Waals surface area contributed by atoms with E-state index in [2.05, 4.69) is 5.10 Å². The summed E-state index contributed by atoms with van der Waals surface area (Å²) >= 11 is 0.940. The summed E-state index contributed by atoms with van der Waals surface area (Å²) in [6.45, 7) is 0.967. The number of rotatable bonds is 3. The molecule has 0 aromatic carbocycles. The van der Waals surface area contributed by atoms with Gasteiger partial charge in [0.05, 0.1) is 4.88 Å². The minimum absolute atomic E-state index is 0.118. The highest BCUT2D eigenvalue weighted by molar-refractivity contribution is 7.91. The lowest BCUT2D eigenvalue weighted by Crippen LogP contribution is -2.27. The Labute approximate surface area is 135 Å². The average molecular weight is 365 g/mol. The van der Waals surface area contributed by atoms with Gasteiger partial charge < -0.3 is 0 Å². The highest BCUT2D eigenvalue weighted by Crippen LogP contribution is 2.36. The Morgan fingerprint density at radius 1 is 1.22 bits per heavy atom. The molecule has 126 valence electrons. The van der Waals surface area contributed by atoms with Crippen LogP contribution >= 0.6 is 11.3 Å². The summed E-state index contributed by atoms with van der Waals surface area (Å²) in [5.74, 6) is 0. The molecule has 0 N–H and O–H groups in total. The third kappa shape index (κ3) is 3.02. The lowest BCUT2D eigenvalue weighted by molar-refractivity contribution is -0.143. The van der Waals surface area contributed by atoms with Crippen molar-refractivity contribution in [3.05, 3.63) is 23.9 Å². The molecule has 1 saturated heterocycles. The van der Waals surface area contributed by atoms with E-state index in [1.165, 1.54) is 23.5 Å². The van der Waals surface area contributed by atoms with Crippen molar-refractivity contribution in [2.45, 2.75) is 23.2 Å². The molecule has 1 fully saturated rings. The molecule has 1 aliphatic rings. The second-order valence-electron chi connectivity index (χ2n) is 5.27. The number of aromatic nitrogens is 2. The highest BCUT2D eigenvalue weighted by Gasteiger charge is 2.35. The third-order valence-electron chi connectivity index (χ3n) is 3.66. The second kappa shape index (κ2) is 5.60. The van der Waals surface area contributed by atoms with Gasteiger partial charge in [-0.05, 0) is 31.0 Å². The first kappa shape index (κ1) is 16.5. The summed E-state index contributed by atoms with van der Waals surface area (Å²) in [4.78, 5) is 0.397. The first-order chi connectivity index (χ1) is 10.7. The van der Waals surface area contributed by atoms with Gasteiger partial charge in [0, 0.05) is 20.1 Å². The molecule has 23 heavy (non-hydrogen) atoms. The molecular weight excluding hydrogens is 351 g/mol. The zero-order chi connectivity index (χ0) is 16.8. The van der Waals surface area contributed by atoms with Crippen molar-refractivity contribution in [2.75, 3.05) is 13.1 Å². The average Bonchev–Trinajstić information content (AvgIpc) is 3.18. The molecular formula is C13H14F3N3O2S2. The van der Waals surface area contributed by atoms with Crippen LogP contribution in [-0.2, 0) is 23.2 Å². The van der Waals surface area contributed by atoms with E-state index in [-0.39, 0.29) is 9.90 Å². The van der Waals surface area contributed by atoms with E-state index >= 15 is 0 Å². The maximum absolute atomic E-state index is 12.8. The van der Waals surface area contributed by atoms with Crippen LogP contribution in [0.2, 0.25) is 0 Å². The number of nitrogens with zero attached hydrogens (tertiary/aromatic N) is 3. The molecule has 10 heteroatoms. The fourth-order valence-corrected chi connectivity index (χ4v) is 5.44. The molecule has 2 aromatic rings. The predicted molar refractivity (Wildman–Crippen MR) is 79.5 cm³/mol. The number of hydrogen-bond donors (Lipinski definition) is 0. The van der Waals surface area contributed by atoms with Crippen LogP contribution in [0.3, 0.4) is 0 Å². The summed E-state index contributed by atoms with van der Waals surface area (Å²) in [5, 5.41) is 3.84. The molecule has 2 aromatic heterocycles. The molecule has 0 bridgehead atoms. The molecule has 0 radical (unpaired) electrons. The highest BCUT2D eigenvalue weighted by atomic mass is 32.2. The summed E-state index contributed by atoms with van der Waals surface area (Å²) in [7, 11) is -2.35. The number of hydrogen-bond acceptors (Lipinski definition) is 4. The smallest absolute Gasteiger partial charge is 0.263 e. The number of aryl methyl sites for hydroxylation is 1. The molecule has 0 unspecified atom stereocenters. The molecule has 5 nitrogen and oxygen atoms in total. The Morgan fingerprint density at radius 2 is 1.87 bits per heavy atom. The van der Waals surface area contributed by atoms with E-state index in [0.29, 0.717) is 18.0 Å². The van der Waals surface area contributed by atoms with Crippen molar-refractivity contribution < 1.29 is 21.6 Å². The Hall–Kier alpha value is -1.39. The van der Waals surface area contributed by atoms with Crippen molar-refractivity contribution in [3.63, 3.8) is 0 Å². The van der Waals surface area contributed by atoms with Gasteiger partial charge in [0.25, 0.3) is 10.0 Å². The zero-order valence-corrected chi connectivity index (χ0v) is 13.8. The van der Waals surface area contributed by atoms with Gasteiger partial charge in [0.15, 0.2) is 0 Å². The standard InChI is InChI=1S/C13H14F3N3O2S2/c1-18-11(13(14,15)16)8-9(17-18)10-4-5-12(22-10)23(20,21)19-6-2-3-7-19/h4-5,8H,2-3,6-7H2,1H3. The zero-order valence-electron chi connectivity index (χ0n) is 12.2. The molecule has 0 amide bonds. The first-order valence-electron chi connectivity index (χ1n) is 6.91. The molecule has 0 aliphatic carbocycles. The summed E-state index contributed by atoms with van der Waals surface area (Å²) in [6.07, 6.45) is -2.85. The second-order valence-corrected chi connectivity index (χ2v) is 8.51. The van der Waals surface area contributed by atoms with E-state index in [1.807, 2.05) is 0 Å². The van der Waals surface area contributed by atoms with Gasteiger partial charge in [-0.15, -0.1) is 11.3 Å². The van der Waals surface area contributed by atoms with E-state index in [1.54, 1.807) is 0 Å². The van der Waals surface area contributed by atoms with Crippen LogP contribution in [0.15, 0.2) is 22.4 Å². The Kier molecular flexibility index (Phi) is 4.01. The van der Waals surface area contributed by atoms with Crippen molar-refractivity contribution in [3.8, 4) is 10.6 Å². The largest absolute Gasteiger partial charge is 0.433 e. The van der Waals surface area contributed by atoms with Gasteiger partial charge in [-0.3, -0.25) is 4.68 Å². The van der Waals surface area contributed by atoms with Gasteiger partial charge in [-0.1, -0.05) is 0 Å². The summed E-state index contributed by atoms with van der Waals surface area (Å²) in [6, 6.07) is 3.85. The summed E-state index contributed by atoms with van der Waals surface area (Å²) in [5.41, 5.74) is -0.752. The van der Waals surface area contributed by atoms with Crippen molar-refractivity contribution in [2.24, 2.45) is 7.05 Å². The van der Waals surface area contributed by atoms with Crippen molar-refractivity contribution in [1.82, 2.24) is 14.1 Å². The minimum Gasteiger partial charge on any atom is -0.263 e. The third-order valence-corrected chi connectivity index (χ3v) is 7.14. The Balaban J connectivity index is 1.94. The van der Waals surface area contributed by atoms with Gasteiger partial charge in [-0.2, -0.15) is 22.6 Å². The fraction of sp³-hybridized carbons (Fsp3) is 0.462. The van der Waals surface area contributed by atoms with Crippen LogP contribution in [-0.4, -0.2) is 35.6 Å². The van der Waals surface area contributed by atoms with E-state index < -0.39 is 21.9 Å². The van der Waals surface area contributed by atoms with Gasteiger partial charge >= 0.3 is 6.18 Å². The molecule has 3 heterocycles. The quantitative estimate of drug-likeness (QED) is 0.840. The minimum atomic E-state index is -4.50. The van der Waals surface area contributed by atoms with Crippen LogP contribution in [0, 0.1) is 0 Å². The van der Waals surface area contributed by atoms with Crippen LogP contribution < -0.4 is 0 Å². The maximum atomic E-state index is 12.8. The molecule has 0 saturated carbocycles. The van der Waals surface area contributed by atoms with Crippen LogP contribution in [0.25, 0.3) is 10.6 Å². The van der Waals surface area contributed by atoms with Gasteiger partial charge in [0.1, 0.15) is 15.6 Å². The van der Waals surface area contributed by atoms with Gasteiger partial charge in [-0.25, -0.2) is 8.42 Å². The summed E-state index contributed by atoms with van der Waals surface area (Å²) < 4.78 is 65.6. The molecule has 1 aliphatic heterocycles. The topological polar surface area (TPSA) is 55.2 Å². The van der Waals surface area contributed by atoms with Crippen molar-refractivity contribution >= 4 is 21.4 Å². The number of sulfonamides is 1. The maximum Gasteiger partial charge on any atom is 0.433 e. The van der Waals surface area contributed by atoms with E-state index in [0.717, 1.165) is 34.9 Å². The number of thiophene rings is 1. The number of alkyl halides is 3. The lowest BCUT2D eigenvalue weighted by atomic mass is 10.3. The van der Waals surface area contributed by atoms with Crippen LogP contribution in [0.1, 0.15) is 18.5 Å².